The summed E-state index contributed by atoms with van der Waals surface area (Å²) in [5.74, 6) is -0.0111. The van der Waals surface area contributed by atoms with E-state index in [1.54, 1.807) is 13.8 Å². The van der Waals surface area contributed by atoms with Gasteiger partial charge in [-0.1, -0.05) is 25.8 Å². The molecule has 0 unspecified atom stereocenters. The fraction of sp³-hybridized carbons (Fsp3) is 0.462. The van der Waals surface area contributed by atoms with Gasteiger partial charge in [0.25, 0.3) is 0 Å². The number of alkyl halides is 6. The van der Waals surface area contributed by atoms with Crippen LogP contribution >= 0.6 is 8.58 Å². The summed E-state index contributed by atoms with van der Waals surface area (Å²) < 4.78 is 77.1. The molecule has 1 rings (SSSR count). The number of carbonyl (C=O) groups excluding carboxylic acids is 1. The van der Waals surface area contributed by atoms with Crippen molar-refractivity contribution in [2.24, 2.45) is 5.92 Å². The van der Waals surface area contributed by atoms with E-state index >= 15 is 0 Å². The molecule has 1 aromatic rings. The van der Waals surface area contributed by atoms with Gasteiger partial charge >= 0.3 is 31.2 Å². The Labute approximate surface area is 137 Å². The first-order valence-electron chi connectivity index (χ1n) is 5.93. The van der Waals surface area contributed by atoms with E-state index < -0.39 is 34.6 Å². The van der Waals surface area contributed by atoms with Crippen LogP contribution in [0, 0.1) is 5.92 Å². The van der Waals surface area contributed by atoms with Crippen LogP contribution in [-0.2, 0) is 12.4 Å². The van der Waals surface area contributed by atoms with E-state index in [4.69, 9.17) is 0 Å². The third-order valence-electron chi connectivity index (χ3n) is 2.49. The summed E-state index contributed by atoms with van der Waals surface area (Å²) in [5, 5.41) is 0. The SMILES string of the molecule is CC(C)C[P-]C(=O)c1c(C(F)(F)F)cccc1C(F)(F)F.[Li+]. The van der Waals surface area contributed by atoms with E-state index in [9.17, 15) is 31.1 Å². The zero-order chi connectivity index (χ0) is 16.4. The zero-order valence-corrected chi connectivity index (χ0v) is 13.0. The van der Waals surface area contributed by atoms with E-state index in [-0.39, 0.29) is 39.5 Å². The second-order valence-electron chi connectivity index (χ2n) is 4.76. The van der Waals surface area contributed by atoms with Crippen molar-refractivity contribution in [1.29, 1.82) is 0 Å². The van der Waals surface area contributed by atoms with Crippen molar-refractivity contribution in [2.45, 2.75) is 26.2 Å². The minimum absolute atomic E-state index is 0. The summed E-state index contributed by atoms with van der Waals surface area (Å²) >= 11 is 0. The summed E-state index contributed by atoms with van der Waals surface area (Å²) in [7, 11) is -0.0825. The van der Waals surface area contributed by atoms with Crippen LogP contribution in [0.4, 0.5) is 26.3 Å². The molecule has 0 amide bonds. The number of hydrogen-bond acceptors (Lipinski definition) is 1. The van der Waals surface area contributed by atoms with Crippen molar-refractivity contribution in [3.05, 3.63) is 34.9 Å². The van der Waals surface area contributed by atoms with Crippen LogP contribution < -0.4 is 18.9 Å². The fourth-order valence-electron chi connectivity index (χ4n) is 1.60. The zero-order valence-electron chi connectivity index (χ0n) is 12.1. The standard InChI is InChI=1S/C13H12F6OP.Li/c1-7(2)6-21-11(20)10-8(12(14,15)16)4-3-5-9(10)13(17,18)19;/h3-5,7H,6H2,1-2H3;/q-1;+1. The molecule has 0 heterocycles. The monoisotopic (exact) mass is 336 g/mol. The third kappa shape index (κ3) is 5.61. The first kappa shape index (κ1) is 21.5. The molecular weight excluding hydrogens is 324 g/mol. The van der Waals surface area contributed by atoms with Gasteiger partial charge < -0.3 is 13.4 Å². The van der Waals surface area contributed by atoms with Gasteiger partial charge in [0, 0.05) is 11.1 Å². The molecule has 22 heavy (non-hydrogen) atoms. The van der Waals surface area contributed by atoms with Gasteiger partial charge in [-0.3, -0.25) is 0 Å². The molecule has 0 fully saturated rings. The molecule has 1 nitrogen and oxygen atoms in total. The molecule has 9 heteroatoms. The summed E-state index contributed by atoms with van der Waals surface area (Å²) in [6, 6.07) is 1.64. The normalized spacial score (nSPS) is 12.8. The van der Waals surface area contributed by atoms with Crippen molar-refractivity contribution in [3.63, 3.8) is 0 Å². The van der Waals surface area contributed by atoms with Gasteiger partial charge in [0.2, 0.25) is 0 Å². The van der Waals surface area contributed by atoms with E-state index in [0.29, 0.717) is 18.2 Å². The molecule has 0 aliphatic rings. The molecule has 0 atom stereocenters. The molecule has 0 saturated heterocycles. The predicted octanol–water partition coefficient (Wildman–Crippen LogP) is 2.47. The first-order valence-corrected chi connectivity index (χ1v) is 7.01. The molecule has 0 saturated carbocycles. The fourth-order valence-corrected chi connectivity index (χ4v) is 2.53. The summed E-state index contributed by atoms with van der Waals surface area (Å²) in [5.41, 5.74) is -5.54. The molecule has 118 valence electrons. The Morgan fingerprint density at radius 1 is 1.05 bits per heavy atom. The van der Waals surface area contributed by atoms with Gasteiger partial charge in [0.05, 0.1) is 11.1 Å². The molecule has 0 spiro atoms. The van der Waals surface area contributed by atoms with E-state index in [1.165, 1.54) is 0 Å². The van der Waals surface area contributed by atoms with Crippen LogP contribution in [0.5, 0.6) is 0 Å². The number of halogens is 6. The van der Waals surface area contributed by atoms with Crippen molar-refractivity contribution < 1.29 is 50.0 Å². The van der Waals surface area contributed by atoms with E-state index in [0.717, 1.165) is 0 Å². The third-order valence-corrected chi connectivity index (χ3v) is 3.91. The molecule has 0 aromatic heterocycles. The van der Waals surface area contributed by atoms with Gasteiger partial charge in [-0.05, 0) is 12.1 Å². The molecule has 0 N–H and O–H groups in total. The molecule has 0 aliphatic carbocycles. The van der Waals surface area contributed by atoms with Gasteiger partial charge in [-0.15, -0.1) is 0 Å². The first-order chi connectivity index (χ1) is 9.44. The van der Waals surface area contributed by atoms with E-state index in [1.807, 2.05) is 0 Å². The van der Waals surface area contributed by atoms with Crippen molar-refractivity contribution in [1.82, 2.24) is 0 Å². The second kappa shape index (κ2) is 7.85. The van der Waals surface area contributed by atoms with Crippen LogP contribution in [0.25, 0.3) is 0 Å². The number of carbonyl (C=O) groups is 1. The molecule has 0 bridgehead atoms. The minimum atomic E-state index is -5.01. The molecule has 1 aromatic carbocycles. The average molecular weight is 336 g/mol. The summed E-state index contributed by atoms with van der Waals surface area (Å²) in [6.07, 6.45) is -9.83. The van der Waals surface area contributed by atoms with Crippen LogP contribution in [0.1, 0.15) is 35.3 Å². The van der Waals surface area contributed by atoms with E-state index in [2.05, 4.69) is 0 Å². The maximum Gasteiger partial charge on any atom is 1.00 e. The predicted molar refractivity (Wildman–Crippen MR) is 67.4 cm³/mol. The molecular formula is C13H12F6LiOP. The average Bonchev–Trinajstić information content (AvgIpc) is 2.32. The maximum atomic E-state index is 12.9. The van der Waals surface area contributed by atoms with Gasteiger partial charge in [-0.2, -0.15) is 32.5 Å². The van der Waals surface area contributed by atoms with Crippen molar-refractivity contribution in [3.8, 4) is 0 Å². The van der Waals surface area contributed by atoms with Crippen molar-refractivity contribution in [2.75, 3.05) is 6.16 Å². The van der Waals surface area contributed by atoms with Crippen LogP contribution in [0.15, 0.2) is 18.2 Å². The maximum absolute atomic E-state index is 12.9. The molecule has 0 radical (unpaired) electrons. The Morgan fingerprint density at radius 3 is 1.77 bits per heavy atom. The summed E-state index contributed by atoms with van der Waals surface area (Å²) in [6.45, 7) is 3.45. The Bertz CT molecular complexity index is 492. The number of benzene rings is 1. The van der Waals surface area contributed by atoms with Gasteiger partial charge in [-0.25, -0.2) is 0 Å². The quantitative estimate of drug-likeness (QED) is 0.469. The summed E-state index contributed by atoms with van der Waals surface area (Å²) in [4.78, 5) is 11.9. The Hall–Kier alpha value is -0.503. The van der Waals surface area contributed by atoms with Gasteiger partial charge in [0.1, 0.15) is 0 Å². The Kier molecular flexibility index (Phi) is 7.67. The second-order valence-corrected chi connectivity index (χ2v) is 5.85. The van der Waals surface area contributed by atoms with Crippen LogP contribution in [0.2, 0.25) is 0 Å². The van der Waals surface area contributed by atoms with Crippen LogP contribution in [-0.4, -0.2) is 11.7 Å². The minimum Gasteiger partial charge on any atom is -0.459 e. The largest absolute Gasteiger partial charge is 1.00 e. The Morgan fingerprint density at radius 2 is 1.45 bits per heavy atom. The van der Waals surface area contributed by atoms with Crippen LogP contribution in [0.3, 0.4) is 0 Å². The topological polar surface area (TPSA) is 17.1 Å². The Balaban J connectivity index is 0.00000441. The number of rotatable bonds is 4. The van der Waals surface area contributed by atoms with Gasteiger partial charge in [0.15, 0.2) is 0 Å². The smallest absolute Gasteiger partial charge is 0.459 e. The molecule has 0 aliphatic heterocycles. The number of hydrogen-bond donors (Lipinski definition) is 0. The van der Waals surface area contributed by atoms with Crippen molar-refractivity contribution >= 4 is 14.1 Å².